The molecule has 3 aromatic rings. The second kappa shape index (κ2) is 8.95. The summed E-state index contributed by atoms with van der Waals surface area (Å²) >= 11 is 1.45. The van der Waals surface area contributed by atoms with Gasteiger partial charge in [-0.25, -0.2) is 0 Å². The molecule has 2 heterocycles. The molecule has 0 spiro atoms. The maximum Gasteiger partial charge on any atom is 0.265 e. The number of fused-ring (bicyclic) bond motifs is 2. The van der Waals surface area contributed by atoms with Crippen molar-refractivity contribution in [2.24, 2.45) is 11.7 Å². The maximum absolute atomic E-state index is 12.9. The zero-order chi connectivity index (χ0) is 23.8. The van der Waals surface area contributed by atoms with Gasteiger partial charge in [0.15, 0.2) is 6.61 Å². The van der Waals surface area contributed by atoms with E-state index in [1.165, 1.54) is 11.3 Å². The Hall–Kier alpha value is -3.65. The van der Waals surface area contributed by atoms with Crippen LogP contribution in [0.25, 0.3) is 0 Å². The molecule has 0 saturated heterocycles. The molecule has 2 aliphatic rings. The van der Waals surface area contributed by atoms with Gasteiger partial charge >= 0.3 is 0 Å². The summed E-state index contributed by atoms with van der Waals surface area (Å²) in [5, 5.41) is 3.42. The summed E-state index contributed by atoms with van der Waals surface area (Å²) in [7, 11) is 0. The Morgan fingerprint density at radius 2 is 1.94 bits per heavy atom. The van der Waals surface area contributed by atoms with Crippen molar-refractivity contribution >= 4 is 39.7 Å². The lowest BCUT2D eigenvalue weighted by atomic mass is 9.88. The van der Waals surface area contributed by atoms with Crippen LogP contribution in [0.3, 0.4) is 0 Å². The topological polar surface area (TPSA) is 102 Å². The number of nitrogens with one attached hydrogen (secondary N) is 1. The van der Waals surface area contributed by atoms with E-state index in [4.69, 9.17) is 10.5 Å². The molecule has 8 heteroatoms. The zero-order valence-corrected chi connectivity index (χ0v) is 19.6. The first-order valence-electron chi connectivity index (χ1n) is 11.3. The van der Waals surface area contributed by atoms with Crippen molar-refractivity contribution in [1.29, 1.82) is 0 Å². The first kappa shape index (κ1) is 22.2. The Balaban J connectivity index is 1.33. The minimum atomic E-state index is -0.506. The van der Waals surface area contributed by atoms with Crippen molar-refractivity contribution in [1.82, 2.24) is 0 Å². The van der Waals surface area contributed by atoms with E-state index in [9.17, 15) is 14.4 Å². The van der Waals surface area contributed by atoms with Gasteiger partial charge in [0.25, 0.3) is 17.7 Å². The van der Waals surface area contributed by atoms with Crippen LogP contribution >= 0.6 is 11.3 Å². The number of thiophene rings is 1. The second-order valence-corrected chi connectivity index (χ2v) is 9.91. The predicted molar refractivity (Wildman–Crippen MR) is 132 cm³/mol. The molecule has 3 amide bonds. The monoisotopic (exact) mass is 475 g/mol. The highest BCUT2D eigenvalue weighted by molar-refractivity contribution is 7.17. The van der Waals surface area contributed by atoms with Gasteiger partial charge in [-0.05, 0) is 60.6 Å². The van der Waals surface area contributed by atoms with Crippen LogP contribution in [0.4, 0.5) is 10.7 Å². The van der Waals surface area contributed by atoms with Gasteiger partial charge in [0.1, 0.15) is 10.8 Å². The minimum Gasteiger partial charge on any atom is -0.482 e. The number of primary amides is 1. The van der Waals surface area contributed by atoms with Gasteiger partial charge in [-0.2, -0.15) is 0 Å². The van der Waals surface area contributed by atoms with E-state index in [2.05, 4.69) is 12.2 Å². The molecule has 1 aromatic heterocycles. The van der Waals surface area contributed by atoms with E-state index in [0.29, 0.717) is 34.3 Å². The van der Waals surface area contributed by atoms with Crippen molar-refractivity contribution in [3.8, 4) is 5.75 Å². The number of rotatable bonds is 5. The van der Waals surface area contributed by atoms with E-state index in [-0.39, 0.29) is 18.4 Å². The lowest BCUT2D eigenvalue weighted by molar-refractivity contribution is -0.121. The molecule has 0 fully saturated rings. The number of anilines is 2. The maximum atomic E-state index is 12.9. The zero-order valence-electron chi connectivity index (χ0n) is 18.8. The fourth-order valence-electron chi connectivity index (χ4n) is 4.55. The minimum absolute atomic E-state index is 0.00324. The van der Waals surface area contributed by atoms with E-state index in [1.807, 2.05) is 36.4 Å². The van der Waals surface area contributed by atoms with E-state index >= 15 is 0 Å². The lowest BCUT2D eigenvalue weighted by Crippen LogP contribution is -2.38. The number of para-hydroxylation sites is 2. The van der Waals surface area contributed by atoms with Crippen molar-refractivity contribution in [3.63, 3.8) is 0 Å². The van der Waals surface area contributed by atoms with Crippen LogP contribution in [0.5, 0.6) is 5.75 Å². The molecule has 34 heavy (non-hydrogen) atoms. The molecule has 2 aromatic carbocycles. The van der Waals surface area contributed by atoms with Crippen molar-refractivity contribution in [3.05, 3.63) is 75.7 Å². The van der Waals surface area contributed by atoms with E-state index in [0.717, 1.165) is 41.0 Å². The summed E-state index contributed by atoms with van der Waals surface area (Å²) in [5.74, 6) is 0.307. The number of carbonyl (C=O) groups is 3. The lowest BCUT2D eigenvalue weighted by Gasteiger charge is -2.29. The fraction of sp³-hybridized carbons (Fsp3) is 0.269. The number of hydrogen-bond donors (Lipinski definition) is 2. The van der Waals surface area contributed by atoms with E-state index in [1.54, 1.807) is 17.0 Å². The summed E-state index contributed by atoms with van der Waals surface area (Å²) in [6.07, 6.45) is 2.71. The quantitative estimate of drug-likeness (QED) is 0.579. The SMILES string of the molecule is CC1CCc2c(sc(NC(=O)c3ccc(CN4C(=O)COc5ccccc54)cc3)c2C(N)=O)C1. The average Bonchev–Trinajstić information content (AvgIpc) is 3.18. The van der Waals surface area contributed by atoms with Crippen LogP contribution in [-0.2, 0) is 24.2 Å². The van der Waals surface area contributed by atoms with Gasteiger partial charge in [0.05, 0.1) is 17.8 Å². The van der Waals surface area contributed by atoms with Gasteiger partial charge in [0.2, 0.25) is 0 Å². The second-order valence-electron chi connectivity index (χ2n) is 8.81. The molecule has 0 bridgehead atoms. The fourth-order valence-corrected chi connectivity index (χ4v) is 5.96. The van der Waals surface area contributed by atoms with Crippen molar-refractivity contribution < 1.29 is 19.1 Å². The summed E-state index contributed by atoms with van der Waals surface area (Å²) in [5.41, 5.74) is 9.18. The van der Waals surface area contributed by atoms with Crippen molar-refractivity contribution in [2.45, 2.75) is 32.7 Å². The summed E-state index contributed by atoms with van der Waals surface area (Å²) < 4.78 is 5.50. The third-order valence-electron chi connectivity index (χ3n) is 6.35. The molecule has 0 saturated carbocycles. The number of amides is 3. The number of carbonyl (C=O) groups excluding carboxylic acids is 3. The molecule has 1 atom stereocenters. The predicted octanol–water partition coefficient (Wildman–Crippen LogP) is 4.15. The van der Waals surface area contributed by atoms with Gasteiger partial charge in [-0.3, -0.25) is 14.4 Å². The van der Waals surface area contributed by atoms with Gasteiger partial charge in [-0.1, -0.05) is 31.2 Å². The molecule has 174 valence electrons. The third-order valence-corrected chi connectivity index (χ3v) is 7.52. The van der Waals surface area contributed by atoms with Crippen LogP contribution in [0, 0.1) is 5.92 Å². The first-order chi connectivity index (χ1) is 16.4. The number of nitrogens with zero attached hydrogens (tertiary/aromatic N) is 1. The Bertz CT molecular complexity index is 1280. The smallest absolute Gasteiger partial charge is 0.265 e. The Morgan fingerprint density at radius 3 is 2.71 bits per heavy atom. The van der Waals surface area contributed by atoms with Crippen LogP contribution in [0.2, 0.25) is 0 Å². The number of benzene rings is 2. The van der Waals surface area contributed by atoms with Crippen molar-refractivity contribution in [2.75, 3.05) is 16.8 Å². The standard InChI is InChI=1S/C26H25N3O4S/c1-15-6-11-18-21(12-15)34-26(23(18)24(27)31)28-25(32)17-9-7-16(8-10-17)13-29-19-4-2-3-5-20(19)33-14-22(29)30/h2-5,7-10,15H,6,11-14H2,1H3,(H2,27,31)(H,28,32). The van der Waals surface area contributed by atoms with Crippen LogP contribution < -0.4 is 20.7 Å². The number of nitrogens with two attached hydrogens (primary N) is 1. The van der Waals surface area contributed by atoms with Crippen LogP contribution in [-0.4, -0.2) is 24.3 Å². The molecule has 5 rings (SSSR count). The number of hydrogen-bond acceptors (Lipinski definition) is 5. The Labute approximate surface area is 201 Å². The highest BCUT2D eigenvalue weighted by Gasteiger charge is 2.28. The van der Waals surface area contributed by atoms with Crippen LogP contribution in [0.15, 0.2) is 48.5 Å². The third kappa shape index (κ3) is 4.17. The van der Waals surface area contributed by atoms with E-state index < -0.39 is 5.91 Å². The molecular formula is C26H25N3O4S. The number of ether oxygens (including phenoxy) is 1. The normalized spacial score (nSPS) is 16.9. The van der Waals surface area contributed by atoms with Crippen LogP contribution in [0.1, 0.15) is 50.1 Å². The van der Waals surface area contributed by atoms with Gasteiger partial charge in [0, 0.05) is 10.4 Å². The molecular weight excluding hydrogens is 450 g/mol. The highest BCUT2D eigenvalue weighted by atomic mass is 32.1. The summed E-state index contributed by atoms with van der Waals surface area (Å²) in [6.45, 7) is 2.57. The van der Waals surface area contributed by atoms with Gasteiger partial charge in [-0.15, -0.1) is 11.3 Å². The molecule has 3 N–H and O–H groups in total. The molecule has 1 aliphatic heterocycles. The molecule has 1 unspecified atom stereocenters. The highest BCUT2D eigenvalue weighted by Crippen LogP contribution is 2.39. The molecule has 0 radical (unpaired) electrons. The van der Waals surface area contributed by atoms with Gasteiger partial charge < -0.3 is 20.7 Å². The average molecular weight is 476 g/mol. The summed E-state index contributed by atoms with van der Waals surface area (Å²) in [6, 6.07) is 14.5. The Morgan fingerprint density at radius 1 is 1.18 bits per heavy atom. The summed E-state index contributed by atoms with van der Waals surface area (Å²) in [4.78, 5) is 40.3. The largest absolute Gasteiger partial charge is 0.482 e. The Kier molecular flexibility index (Phi) is 5.83. The molecule has 7 nitrogen and oxygen atoms in total. The molecule has 1 aliphatic carbocycles. The first-order valence-corrected chi connectivity index (χ1v) is 12.1.